The van der Waals surface area contributed by atoms with Gasteiger partial charge in [0.05, 0.1) is 20.1 Å². The first kappa shape index (κ1) is 18.1. The molecule has 25 heavy (non-hydrogen) atoms. The number of hydrogen-bond acceptors (Lipinski definition) is 5. The van der Waals surface area contributed by atoms with Crippen LogP contribution in [0, 0.1) is 0 Å². The van der Waals surface area contributed by atoms with E-state index in [9.17, 15) is 9.59 Å². The summed E-state index contributed by atoms with van der Waals surface area (Å²) in [5.41, 5.74) is 4.58. The lowest BCUT2D eigenvalue weighted by Crippen LogP contribution is -2.44. The summed E-state index contributed by atoms with van der Waals surface area (Å²) in [7, 11) is 1.57. The van der Waals surface area contributed by atoms with Crippen LogP contribution in [-0.2, 0) is 9.59 Å². The molecule has 0 radical (unpaired) electrons. The summed E-state index contributed by atoms with van der Waals surface area (Å²) in [5.74, 6) is 1.09. The predicted molar refractivity (Wildman–Crippen MR) is 91.3 cm³/mol. The number of nitrogens with one attached hydrogen (secondary N) is 2. The Kier molecular flexibility index (Phi) is 7.12. The third kappa shape index (κ3) is 6.82. The maximum Gasteiger partial charge on any atom is 0.276 e. The first-order chi connectivity index (χ1) is 12.2. The molecule has 0 heterocycles. The fraction of sp³-hybridized carbons (Fsp3) is 0.222. The molecule has 0 saturated carbocycles. The number of hydrazine groups is 1. The largest absolute Gasteiger partial charge is 0.497 e. The van der Waals surface area contributed by atoms with Gasteiger partial charge in [0, 0.05) is 0 Å². The van der Waals surface area contributed by atoms with Crippen molar-refractivity contribution < 1.29 is 23.8 Å². The van der Waals surface area contributed by atoms with Crippen molar-refractivity contribution in [2.45, 2.75) is 6.42 Å². The Morgan fingerprint density at radius 3 is 2.08 bits per heavy atom. The van der Waals surface area contributed by atoms with Crippen LogP contribution in [0.15, 0.2) is 54.6 Å². The van der Waals surface area contributed by atoms with Crippen LogP contribution in [0.3, 0.4) is 0 Å². The van der Waals surface area contributed by atoms with Gasteiger partial charge < -0.3 is 14.2 Å². The van der Waals surface area contributed by atoms with Crippen molar-refractivity contribution in [1.29, 1.82) is 0 Å². The summed E-state index contributed by atoms with van der Waals surface area (Å²) in [6, 6.07) is 16.0. The number of hydrogen-bond donors (Lipinski definition) is 2. The molecule has 7 heteroatoms. The number of methoxy groups -OCH3 is 1. The molecular weight excluding hydrogens is 324 g/mol. The molecule has 2 aromatic carbocycles. The van der Waals surface area contributed by atoms with Crippen LogP contribution >= 0.6 is 0 Å². The average Bonchev–Trinajstić information content (AvgIpc) is 2.66. The Bertz CT molecular complexity index is 674. The number of rotatable bonds is 8. The van der Waals surface area contributed by atoms with E-state index in [1.54, 1.807) is 43.5 Å². The molecule has 7 nitrogen and oxygen atoms in total. The van der Waals surface area contributed by atoms with Crippen molar-refractivity contribution >= 4 is 11.8 Å². The Morgan fingerprint density at radius 2 is 1.40 bits per heavy atom. The van der Waals surface area contributed by atoms with E-state index in [-0.39, 0.29) is 25.5 Å². The highest BCUT2D eigenvalue weighted by Gasteiger charge is 2.06. The van der Waals surface area contributed by atoms with Gasteiger partial charge in [-0.15, -0.1) is 0 Å². The second-order valence-electron chi connectivity index (χ2n) is 4.97. The van der Waals surface area contributed by atoms with E-state index >= 15 is 0 Å². The summed E-state index contributed by atoms with van der Waals surface area (Å²) in [5, 5.41) is 0. The normalized spacial score (nSPS) is 9.80. The van der Waals surface area contributed by atoms with Crippen LogP contribution in [-0.4, -0.2) is 32.1 Å². The molecule has 0 aliphatic carbocycles. The summed E-state index contributed by atoms with van der Waals surface area (Å²) >= 11 is 0. The monoisotopic (exact) mass is 344 g/mol. The lowest BCUT2D eigenvalue weighted by atomic mass is 10.3. The molecule has 0 fully saturated rings. The maximum absolute atomic E-state index is 11.6. The summed E-state index contributed by atoms with van der Waals surface area (Å²) in [6.45, 7) is 0.00118. The minimum Gasteiger partial charge on any atom is -0.497 e. The number of amides is 2. The predicted octanol–water partition coefficient (Wildman–Crippen LogP) is 1.69. The molecule has 0 aliphatic rings. The Labute approximate surface area is 145 Å². The SMILES string of the molecule is COc1ccc(OCC(=O)NNC(=O)CCOc2ccccc2)cc1. The van der Waals surface area contributed by atoms with Crippen LogP contribution in [0.1, 0.15) is 6.42 Å². The molecule has 0 unspecified atom stereocenters. The van der Waals surface area contributed by atoms with E-state index in [4.69, 9.17) is 14.2 Å². The smallest absolute Gasteiger partial charge is 0.276 e. The van der Waals surface area contributed by atoms with E-state index in [0.29, 0.717) is 17.2 Å². The molecule has 132 valence electrons. The van der Waals surface area contributed by atoms with Gasteiger partial charge in [0.1, 0.15) is 17.2 Å². The van der Waals surface area contributed by atoms with Gasteiger partial charge in [-0.25, -0.2) is 0 Å². The van der Waals surface area contributed by atoms with Gasteiger partial charge in [0.25, 0.3) is 5.91 Å². The van der Waals surface area contributed by atoms with Gasteiger partial charge in [-0.3, -0.25) is 20.4 Å². The van der Waals surface area contributed by atoms with Crippen molar-refractivity contribution in [2.24, 2.45) is 0 Å². The van der Waals surface area contributed by atoms with Crippen LogP contribution in [0.25, 0.3) is 0 Å². The standard InChI is InChI=1S/C18H20N2O5/c1-23-14-7-9-16(10-8-14)25-13-18(22)20-19-17(21)11-12-24-15-5-3-2-4-6-15/h2-10H,11-13H2,1H3,(H,19,21)(H,20,22). The first-order valence-corrected chi connectivity index (χ1v) is 7.70. The third-order valence-corrected chi connectivity index (χ3v) is 3.11. The molecule has 2 rings (SSSR count). The lowest BCUT2D eigenvalue weighted by Gasteiger charge is -2.10. The topological polar surface area (TPSA) is 85.9 Å². The Balaban J connectivity index is 1.59. The van der Waals surface area contributed by atoms with Gasteiger partial charge in [-0.05, 0) is 36.4 Å². The van der Waals surface area contributed by atoms with Crippen LogP contribution in [0.2, 0.25) is 0 Å². The average molecular weight is 344 g/mol. The Hall–Kier alpha value is -3.22. The summed E-state index contributed by atoms with van der Waals surface area (Å²) in [4.78, 5) is 23.3. The Morgan fingerprint density at radius 1 is 0.800 bits per heavy atom. The molecule has 0 aromatic heterocycles. The number of ether oxygens (including phenoxy) is 3. The molecular formula is C18H20N2O5. The van der Waals surface area contributed by atoms with Crippen molar-refractivity contribution in [3.05, 3.63) is 54.6 Å². The zero-order valence-electron chi connectivity index (χ0n) is 13.9. The van der Waals surface area contributed by atoms with Crippen LogP contribution in [0.5, 0.6) is 17.2 Å². The number of carbonyl (C=O) groups is 2. The first-order valence-electron chi connectivity index (χ1n) is 7.70. The quantitative estimate of drug-likeness (QED) is 0.712. The molecule has 0 bridgehead atoms. The van der Waals surface area contributed by atoms with Crippen molar-refractivity contribution in [1.82, 2.24) is 10.9 Å². The van der Waals surface area contributed by atoms with Crippen molar-refractivity contribution in [2.75, 3.05) is 20.3 Å². The van der Waals surface area contributed by atoms with E-state index in [1.165, 1.54) is 0 Å². The number of para-hydroxylation sites is 1. The van der Waals surface area contributed by atoms with E-state index < -0.39 is 5.91 Å². The molecule has 2 N–H and O–H groups in total. The van der Waals surface area contributed by atoms with Gasteiger partial charge in [-0.1, -0.05) is 18.2 Å². The second kappa shape index (κ2) is 9.82. The van der Waals surface area contributed by atoms with E-state index in [1.807, 2.05) is 18.2 Å². The fourth-order valence-corrected chi connectivity index (χ4v) is 1.84. The van der Waals surface area contributed by atoms with E-state index in [2.05, 4.69) is 10.9 Å². The van der Waals surface area contributed by atoms with Gasteiger partial charge >= 0.3 is 0 Å². The van der Waals surface area contributed by atoms with E-state index in [0.717, 1.165) is 0 Å². The zero-order valence-corrected chi connectivity index (χ0v) is 13.9. The van der Waals surface area contributed by atoms with Crippen molar-refractivity contribution in [3.63, 3.8) is 0 Å². The van der Waals surface area contributed by atoms with Gasteiger partial charge in [-0.2, -0.15) is 0 Å². The number of carbonyl (C=O) groups excluding carboxylic acids is 2. The lowest BCUT2D eigenvalue weighted by molar-refractivity contribution is -0.130. The minimum absolute atomic E-state index is 0.120. The minimum atomic E-state index is -0.465. The zero-order chi connectivity index (χ0) is 17.9. The molecule has 2 amide bonds. The molecule has 0 atom stereocenters. The third-order valence-electron chi connectivity index (χ3n) is 3.11. The maximum atomic E-state index is 11.6. The highest BCUT2D eigenvalue weighted by atomic mass is 16.5. The van der Waals surface area contributed by atoms with Crippen LogP contribution < -0.4 is 25.1 Å². The highest BCUT2D eigenvalue weighted by molar-refractivity contribution is 5.82. The van der Waals surface area contributed by atoms with Gasteiger partial charge in [0.2, 0.25) is 5.91 Å². The van der Waals surface area contributed by atoms with Crippen LogP contribution in [0.4, 0.5) is 0 Å². The molecule has 0 spiro atoms. The summed E-state index contributed by atoms with van der Waals surface area (Å²) in [6.07, 6.45) is 0.120. The summed E-state index contributed by atoms with van der Waals surface area (Å²) < 4.78 is 15.7. The number of benzene rings is 2. The second-order valence-corrected chi connectivity index (χ2v) is 4.97. The molecule has 2 aromatic rings. The fourth-order valence-electron chi connectivity index (χ4n) is 1.84. The van der Waals surface area contributed by atoms with Gasteiger partial charge in [0.15, 0.2) is 6.61 Å². The molecule has 0 aliphatic heterocycles. The molecule has 0 saturated heterocycles. The van der Waals surface area contributed by atoms with Crippen molar-refractivity contribution in [3.8, 4) is 17.2 Å². The highest BCUT2D eigenvalue weighted by Crippen LogP contribution is 2.16.